The Labute approximate surface area is 177 Å². The molecule has 4 rings (SSSR count). The Morgan fingerprint density at radius 2 is 1.86 bits per heavy atom. The van der Waals surface area contributed by atoms with Gasteiger partial charge in [-0.2, -0.15) is 4.68 Å². The first-order chi connectivity index (χ1) is 14.1. The van der Waals surface area contributed by atoms with Gasteiger partial charge in [-0.15, -0.1) is 15.3 Å². The molecule has 4 aromatic rings. The summed E-state index contributed by atoms with van der Waals surface area (Å²) in [5.74, 6) is -0.342. The van der Waals surface area contributed by atoms with E-state index in [-0.39, 0.29) is 10.8 Å². The van der Waals surface area contributed by atoms with Gasteiger partial charge in [0.2, 0.25) is 10.2 Å². The van der Waals surface area contributed by atoms with Gasteiger partial charge >= 0.3 is 0 Å². The summed E-state index contributed by atoms with van der Waals surface area (Å²) in [6, 6.07) is 12.6. The maximum atomic E-state index is 12.9. The average Bonchev–Trinajstić information content (AvgIpc) is 3.38. The van der Waals surface area contributed by atoms with E-state index < -0.39 is 5.91 Å². The number of benzene rings is 2. The van der Waals surface area contributed by atoms with Crippen molar-refractivity contribution in [2.45, 2.75) is 10.9 Å². The molecule has 29 heavy (non-hydrogen) atoms. The van der Waals surface area contributed by atoms with Gasteiger partial charge in [0.05, 0.1) is 11.4 Å². The molecule has 1 N–H and O–H groups in total. The Morgan fingerprint density at radius 3 is 2.62 bits per heavy atom. The number of anilines is 1. The number of amides is 1. The number of halogens is 2. The van der Waals surface area contributed by atoms with E-state index in [0.29, 0.717) is 26.6 Å². The zero-order chi connectivity index (χ0) is 20.2. The summed E-state index contributed by atoms with van der Waals surface area (Å²) in [6.07, 6.45) is 0. The molecule has 0 fully saturated rings. The third-order valence-electron chi connectivity index (χ3n) is 3.60. The Hall–Kier alpha value is -2.89. The zero-order valence-electron chi connectivity index (χ0n) is 14.5. The highest BCUT2D eigenvalue weighted by atomic mass is 35.5. The van der Waals surface area contributed by atoms with Gasteiger partial charge in [-0.1, -0.05) is 34.7 Å². The van der Waals surface area contributed by atoms with E-state index in [9.17, 15) is 9.18 Å². The summed E-state index contributed by atoms with van der Waals surface area (Å²) >= 11 is 8.44. The number of nitrogens with zero attached hydrogens (tertiary/aromatic N) is 6. The Bertz CT molecular complexity index is 1130. The first-order valence-electron chi connectivity index (χ1n) is 8.15. The molecule has 0 radical (unpaired) electrons. The van der Waals surface area contributed by atoms with Gasteiger partial charge in [0, 0.05) is 10.7 Å². The monoisotopic (exact) mass is 447 g/mol. The molecular formula is C17H11ClFN7OS2. The molecule has 12 heteroatoms. The van der Waals surface area contributed by atoms with Crippen molar-refractivity contribution in [3.63, 3.8) is 0 Å². The molecule has 0 unspecified atom stereocenters. The third kappa shape index (κ3) is 4.75. The van der Waals surface area contributed by atoms with E-state index in [1.54, 1.807) is 16.8 Å². The molecule has 1 amide bonds. The molecule has 2 aromatic carbocycles. The highest BCUT2D eigenvalue weighted by Crippen LogP contribution is 2.25. The molecule has 0 aliphatic heterocycles. The number of hydrogen-bond donors (Lipinski definition) is 1. The molecule has 146 valence electrons. The first kappa shape index (κ1) is 19.4. The summed E-state index contributed by atoms with van der Waals surface area (Å²) in [4.78, 5) is 12.3. The molecule has 0 aliphatic carbocycles. The van der Waals surface area contributed by atoms with E-state index in [2.05, 4.69) is 31.0 Å². The molecule has 0 saturated heterocycles. The molecule has 0 atom stereocenters. The van der Waals surface area contributed by atoms with Crippen LogP contribution in [-0.4, -0.2) is 36.3 Å². The summed E-state index contributed by atoms with van der Waals surface area (Å²) < 4.78 is 14.5. The molecular weight excluding hydrogens is 437 g/mol. The number of rotatable bonds is 6. The van der Waals surface area contributed by atoms with Gasteiger partial charge in [0.15, 0.2) is 0 Å². The Morgan fingerprint density at radius 1 is 1.10 bits per heavy atom. The number of carbonyl (C=O) groups is 1. The van der Waals surface area contributed by atoms with Crippen LogP contribution in [0.4, 0.5) is 10.1 Å². The quantitative estimate of drug-likeness (QED) is 0.448. The zero-order valence-corrected chi connectivity index (χ0v) is 16.9. The summed E-state index contributed by atoms with van der Waals surface area (Å²) in [5, 5.41) is 24.4. The van der Waals surface area contributed by atoms with E-state index in [1.807, 2.05) is 12.1 Å². The van der Waals surface area contributed by atoms with Gasteiger partial charge in [-0.25, -0.2) is 4.39 Å². The molecule has 2 heterocycles. The Balaban J connectivity index is 1.40. The molecule has 0 bridgehead atoms. The van der Waals surface area contributed by atoms with Crippen molar-refractivity contribution in [2.75, 3.05) is 5.32 Å². The lowest BCUT2D eigenvalue weighted by Crippen LogP contribution is -2.11. The van der Waals surface area contributed by atoms with Gasteiger partial charge < -0.3 is 5.32 Å². The average molecular weight is 448 g/mol. The third-order valence-corrected chi connectivity index (χ3v) is 5.89. The Kier molecular flexibility index (Phi) is 5.79. The maximum Gasteiger partial charge on any atom is 0.286 e. The minimum atomic E-state index is -0.406. The number of thioether (sulfide) groups is 1. The van der Waals surface area contributed by atoms with Crippen LogP contribution in [0.5, 0.6) is 0 Å². The van der Waals surface area contributed by atoms with Crippen LogP contribution in [0.2, 0.25) is 5.02 Å². The van der Waals surface area contributed by atoms with Crippen LogP contribution in [-0.2, 0) is 5.75 Å². The molecule has 0 aliphatic rings. The smallest absolute Gasteiger partial charge is 0.286 e. The van der Waals surface area contributed by atoms with Crippen LogP contribution < -0.4 is 5.32 Å². The van der Waals surface area contributed by atoms with Crippen molar-refractivity contribution in [2.24, 2.45) is 0 Å². The lowest BCUT2D eigenvalue weighted by atomic mass is 10.3. The number of tetrazole rings is 1. The van der Waals surface area contributed by atoms with Gasteiger partial charge in [-0.05, 0) is 59.0 Å². The molecule has 2 aromatic heterocycles. The predicted molar refractivity (Wildman–Crippen MR) is 108 cm³/mol. The predicted octanol–water partition coefficient (Wildman–Crippen LogP) is 3.85. The van der Waals surface area contributed by atoms with Crippen molar-refractivity contribution in [1.82, 2.24) is 30.4 Å². The van der Waals surface area contributed by atoms with E-state index in [4.69, 9.17) is 11.6 Å². The number of carbonyl (C=O) groups excluding carboxylic acids is 1. The van der Waals surface area contributed by atoms with Crippen molar-refractivity contribution in [1.29, 1.82) is 0 Å². The minimum absolute atomic E-state index is 0.210. The molecule has 0 saturated carbocycles. The second-order valence-electron chi connectivity index (χ2n) is 5.60. The highest BCUT2D eigenvalue weighted by molar-refractivity contribution is 7.98. The topological polar surface area (TPSA) is 98.5 Å². The van der Waals surface area contributed by atoms with Crippen molar-refractivity contribution >= 4 is 46.3 Å². The fraction of sp³-hybridized carbons (Fsp3) is 0.0588. The van der Waals surface area contributed by atoms with Crippen molar-refractivity contribution < 1.29 is 9.18 Å². The fourth-order valence-electron chi connectivity index (χ4n) is 2.26. The van der Waals surface area contributed by atoms with E-state index in [0.717, 1.165) is 17.0 Å². The second kappa shape index (κ2) is 8.64. The van der Waals surface area contributed by atoms with Crippen LogP contribution >= 0.6 is 34.7 Å². The highest BCUT2D eigenvalue weighted by Gasteiger charge is 2.15. The van der Waals surface area contributed by atoms with Crippen LogP contribution in [0, 0.1) is 5.82 Å². The van der Waals surface area contributed by atoms with Crippen LogP contribution in [0.3, 0.4) is 0 Å². The number of nitrogens with one attached hydrogen (secondary N) is 1. The van der Waals surface area contributed by atoms with E-state index in [1.165, 1.54) is 36.0 Å². The van der Waals surface area contributed by atoms with Crippen molar-refractivity contribution in [3.05, 3.63) is 69.4 Å². The normalized spacial score (nSPS) is 10.8. The summed E-state index contributed by atoms with van der Waals surface area (Å²) in [7, 11) is 0. The van der Waals surface area contributed by atoms with E-state index >= 15 is 0 Å². The summed E-state index contributed by atoms with van der Waals surface area (Å²) in [5.41, 5.74) is 1.25. The maximum absolute atomic E-state index is 12.9. The lowest BCUT2D eigenvalue weighted by Gasteiger charge is -2.03. The number of aromatic nitrogens is 6. The lowest BCUT2D eigenvalue weighted by molar-refractivity contribution is 0.102. The van der Waals surface area contributed by atoms with Gasteiger partial charge in [0.25, 0.3) is 5.91 Å². The molecule has 0 spiro atoms. The first-order valence-corrected chi connectivity index (χ1v) is 10.3. The van der Waals surface area contributed by atoms with Crippen LogP contribution in [0.25, 0.3) is 5.69 Å². The van der Waals surface area contributed by atoms with Gasteiger partial charge in [-0.3, -0.25) is 4.79 Å². The van der Waals surface area contributed by atoms with Crippen LogP contribution in [0.15, 0.2) is 53.7 Å². The summed E-state index contributed by atoms with van der Waals surface area (Å²) in [6.45, 7) is 0. The SMILES string of the molecule is O=C(Nc1ccc(F)cc1)c1nnc(CSc2nnnn2-c2ccc(Cl)cc2)s1. The van der Waals surface area contributed by atoms with Crippen molar-refractivity contribution in [3.8, 4) is 5.69 Å². The van der Waals surface area contributed by atoms with Crippen LogP contribution in [0.1, 0.15) is 14.8 Å². The fourth-order valence-corrected chi connectivity index (χ4v) is 4.00. The van der Waals surface area contributed by atoms with Gasteiger partial charge in [0.1, 0.15) is 10.8 Å². The minimum Gasteiger partial charge on any atom is -0.320 e. The standard InChI is InChI=1S/C17H11ClFN7OS2/c18-10-1-7-13(8-2-10)26-17(23-24-25-26)28-9-14-21-22-16(29-14)15(27)20-12-5-3-11(19)4-6-12/h1-8H,9H2,(H,20,27). The largest absolute Gasteiger partial charge is 0.320 e. The second-order valence-corrected chi connectivity index (χ2v) is 8.04. The number of hydrogen-bond acceptors (Lipinski definition) is 8. The molecule has 8 nitrogen and oxygen atoms in total.